The van der Waals surface area contributed by atoms with Crippen molar-refractivity contribution in [3.63, 3.8) is 0 Å². The molecule has 2 N–H and O–H groups in total. The molecule has 0 unspecified atom stereocenters. The summed E-state index contributed by atoms with van der Waals surface area (Å²) in [4.78, 5) is 12.4. The number of hydrogen-bond acceptors (Lipinski definition) is 3. The third-order valence-corrected chi connectivity index (χ3v) is 4.28. The number of hydrogen-bond donors (Lipinski definition) is 2. The van der Waals surface area contributed by atoms with Gasteiger partial charge in [0.1, 0.15) is 11.4 Å². The van der Waals surface area contributed by atoms with Gasteiger partial charge >= 0.3 is 0 Å². The molecule has 0 spiro atoms. The third kappa shape index (κ3) is 4.97. The zero-order valence-electron chi connectivity index (χ0n) is 15.8. The van der Waals surface area contributed by atoms with Crippen LogP contribution in [0.15, 0.2) is 54.6 Å². The van der Waals surface area contributed by atoms with E-state index in [0.717, 1.165) is 29.7 Å². The van der Waals surface area contributed by atoms with Crippen molar-refractivity contribution in [2.75, 3.05) is 6.61 Å². The first-order chi connectivity index (χ1) is 13.2. The van der Waals surface area contributed by atoms with E-state index in [9.17, 15) is 4.79 Å². The first-order valence-electron chi connectivity index (χ1n) is 9.28. The molecule has 2 aromatic carbocycles. The van der Waals surface area contributed by atoms with Crippen LogP contribution in [-0.4, -0.2) is 22.7 Å². The van der Waals surface area contributed by atoms with Crippen LogP contribution in [-0.2, 0) is 6.54 Å². The van der Waals surface area contributed by atoms with Crippen LogP contribution < -0.4 is 10.1 Å². The molecular formula is C22H25N3O2. The van der Waals surface area contributed by atoms with E-state index in [4.69, 9.17) is 4.74 Å². The van der Waals surface area contributed by atoms with E-state index < -0.39 is 0 Å². The molecule has 5 heteroatoms. The Balaban J connectivity index is 1.68. The number of ether oxygens (including phenoxy) is 1. The summed E-state index contributed by atoms with van der Waals surface area (Å²) in [6.07, 6.45) is 2.08. The number of nitrogens with zero attached hydrogens (tertiary/aromatic N) is 1. The molecule has 0 atom stereocenters. The summed E-state index contributed by atoms with van der Waals surface area (Å²) in [5.74, 6) is 0.601. The highest BCUT2D eigenvalue weighted by Gasteiger charge is 2.13. The van der Waals surface area contributed by atoms with Crippen LogP contribution in [0, 0.1) is 6.92 Å². The van der Waals surface area contributed by atoms with Crippen molar-refractivity contribution in [3.8, 4) is 17.0 Å². The maximum Gasteiger partial charge on any atom is 0.269 e. The van der Waals surface area contributed by atoms with E-state index >= 15 is 0 Å². The Labute approximate surface area is 159 Å². The number of para-hydroxylation sites is 1. The molecule has 27 heavy (non-hydrogen) atoms. The molecule has 1 heterocycles. The lowest BCUT2D eigenvalue weighted by Gasteiger charge is -2.09. The van der Waals surface area contributed by atoms with Crippen molar-refractivity contribution < 1.29 is 9.53 Å². The highest BCUT2D eigenvalue weighted by Crippen LogP contribution is 2.28. The number of H-pyrrole nitrogens is 1. The molecule has 0 bridgehead atoms. The van der Waals surface area contributed by atoms with Gasteiger partial charge in [0.25, 0.3) is 5.91 Å². The molecular weight excluding hydrogens is 338 g/mol. The van der Waals surface area contributed by atoms with Crippen molar-refractivity contribution in [1.29, 1.82) is 0 Å². The average Bonchev–Trinajstić information content (AvgIpc) is 3.17. The number of rotatable bonds is 8. The molecule has 0 fully saturated rings. The second-order valence-corrected chi connectivity index (χ2v) is 6.54. The largest absolute Gasteiger partial charge is 0.493 e. The standard InChI is InChI=1S/C22H25N3O2/c1-3-4-12-27-21-11-6-5-10-18(21)19-14-20(25-24-19)22(26)23-15-17-9-7-8-16(2)13-17/h5-11,13-14H,3-4,12,15H2,1-2H3,(H,23,26)(H,24,25). The van der Waals surface area contributed by atoms with Gasteiger partial charge in [0.15, 0.2) is 0 Å². The second kappa shape index (κ2) is 9.03. The van der Waals surface area contributed by atoms with Gasteiger partial charge in [0, 0.05) is 12.1 Å². The molecule has 3 rings (SSSR count). The van der Waals surface area contributed by atoms with Gasteiger partial charge < -0.3 is 10.1 Å². The summed E-state index contributed by atoms with van der Waals surface area (Å²) in [5.41, 5.74) is 4.24. The number of aryl methyl sites for hydroxylation is 1. The Morgan fingerprint density at radius 3 is 2.81 bits per heavy atom. The predicted molar refractivity (Wildman–Crippen MR) is 107 cm³/mol. The molecule has 1 aromatic heterocycles. The molecule has 1 amide bonds. The number of aromatic amines is 1. The summed E-state index contributed by atoms with van der Waals surface area (Å²) >= 11 is 0. The molecule has 3 aromatic rings. The van der Waals surface area contributed by atoms with Crippen LogP contribution in [0.2, 0.25) is 0 Å². The van der Waals surface area contributed by atoms with Gasteiger partial charge in [-0.3, -0.25) is 9.89 Å². The lowest BCUT2D eigenvalue weighted by Crippen LogP contribution is -2.23. The highest BCUT2D eigenvalue weighted by atomic mass is 16.5. The molecule has 0 aliphatic rings. The SMILES string of the molecule is CCCCOc1ccccc1-c1cc(C(=O)NCc2cccc(C)c2)[nH]n1. The molecule has 5 nitrogen and oxygen atoms in total. The summed E-state index contributed by atoms with van der Waals surface area (Å²) in [7, 11) is 0. The zero-order valence-corrected chi connectivity index (χ0v) is 15.8. The number of aromatic nitrogens is 2. The lowest BCUT2D eigenvalue weighted by atomic mass is 10.1. The van der Waals surface area contributed by atoms with E-state index in [1.165, 1.54) is 5.56 Å². The summed E-state index contributed by atoms with van der Waals surface area (Å²) in [5, 5.41) is 10.1. The number of nitrogens with one attached hydrogen (secondary N) is 2. The topological polar surface area (TPSA) is 67.0 Å². The summed E-state index contributed by atoms with van der Waals surface area (Å²) in [6, 6.07) is 17.6. The Hall–Kier alpha value is -3.08. The van der Waals surface area contributed by atoms with Gasteiger partial charge in [-0.2, -0.15) is 5.10 Å². The van der Waals surface area contributed by atoms with Crippen molar-refractivity contribution in [3.05, 3.63) is 71.4 Å². The smallest absolute Gasteiger partial charge is 0.269 e. The van der Waals surface area contributed by atoms with Crippen LogP contribution in [0.4, 0.5) is 0 Å². The Bertz CT molecular complexity index is 902. The highest BCUT2D eigenvalue weighted by molar-refractivity contribution is 5.93. The van der Waals surface area contributed by atoms with Crippen molar-refractivity contribution in [2.24, 2.45) is 0 Å². The monoisotopic (exact) mass is 363 g/mol. The quantitative estimate of drug-likeness (QED) is 0.579. The summed E-state index contributed by atoms with van der Waals surface area (Å²) in [6.45, 7) is 5.31. The molecule has 0 aliphatic carbocycles. The van der Waals surface area contributed by atoms with E-state index in [1.54, 1.807) is 6.07 Å². The first-order valence-corrected chi connectivity index (χ1v) is 9.28. The van der Waals surface area contributed by atoms with Gasteiger partial charge in [-0.15, -0.1) is 0 Å². The van der Waals surface area contributed by atoms with Crippen LogP contribution in [0.3, 0.4) is 0 Å². The van der Waals surface area contributed by atoms with Gasteiger partial charge in [-0.05, 0) is 37.1 Å². The normalized spacial score (nSPS) is 10.6. The van der Waals surface area contributed by atoms with Gasteiger partial charge in [-0.25, -0.2) is 0 Å². The number of carbonyl (C=O) groups is 1. The fourth-order valence-corrected chi connectivity index (χ4v) is 2.81. The Morgan fingerprint density at radius 2 is 2.00 bits per heavy atom. The number of benzene rings is 2. The van der Waals surface area contributed by atoms with E-state index in [1.807, 2.05) is 49.4 Å². The van der Waals surface area contributed by atoms with E-state index in [2.05, 4.69) is 28.5 Å². The average molecular weight is 363 g/mol. The number of unbranched alkanes of at least 4 members (excludes halogenated alkanes) is 1. The van der Waals surface area contributed by atoms with Crippen LogP contribution in [0.5, 0.6) is 5.75 Å². The maximum atomic E-state index is 12.4. The van der Waals surface area contributed by atoms with Crippen LogP contribution in [0.1, 0.15) is 41.4 Å². The Morgan fingerprint density at radius 1 is 1.15 bits per heavy atom. The van der Waals surface area contributed by atoms with Crippen molar-refractivity contribution >= 4 is 5.91 Å². The zero-order chi connectivity index (χ0) is 19.1. The van der Waals surface area contributed by atoms with E-state index in [0.29, 0.717) is 24.5 Å². The van der Waals surface area contributed by atoms with Crippen LogP contribution >= 0.6 is 0 Å². The third-order valence-electron chi connectivity index (χ3n) is 4.28. The lowest BCUT2D eigenvalue weighted by molar-refractivity contribution is 0.0946. The minimum atomic E-state index is -0.181. The summed E-state index contributed by atoms with van der Waals surface area (Å²) < 4.78 is 5.86. The van der Waals surface area contributed by atoms with Gasteiger partial charge in [0.05, 0.1) is 12.3 Å². The van der Waals surface area contributed by atoms with Crippen molar-refractivity contribution in [1.82, 2.24) is 15.5 Å². The molecule has 0 saturated heterocycles. The minimum Gasteiger partial charge on any atom is -0.493 e. The fourth-order valence-electron chi connectivity index (χ4n) is 2.81. The Kier molecular flexibility index (Phi) is 6.26. The number of carbonyl (C=O) groups excluding carboxylic acids is 1. The molecule has 0 radical (unpaired) electrons. The molecule has 140 valence electrons. The first kappa shape index (κ1) is 18.7. The number of amides is 1. The van der Waals surface area contributed by atoms with Crippen LogP contribution in [0.25, 0.3) is 11.3 Å². The molecule has 0 aliphatic heterocycles. The minimum absolute atomic E-state index is 0.181. The van der Waals surface area contributed by atoms with Gasteiger partial charge in [0.2, 0.25) is 0 Å². The van der Waals surface area contributed by atoms with Crippen molar-refractivity contribution in [2.45, 2.75) is 33.2 Å². The predicted octanol–water partition coefficient (Wildman–Crippen LogP) is 4.49. The fraction of sp³-hybridized carbons (Fsp3) is 0.273. The van der Waals surface area contributed by atoms with Gasteiger partial charge in [-0.1, -0.05) is 55.3 Å². The maximum absolute atomic E-state index is 12.4. The molecule has 0 saturated carbocycles. The second-order valence-electron chi connectivity index (χ2n) is 6.54. The van der Waals surface area contributed by atoms with E-state index in [-0.39, 0.29) is 5.91 Å².